The molecule has 0 bridgehead atoms. The van der Waals surface area contributed by atoms with Crippen molar-refractivity contribution in [3.8, 4) is 10.4 Å². The minimum atomic E-state index is -4.29. The number of thiazole rings is 1. The molecule has 1 amide bonds. The fraction of sp³-hybridized carbons (Fsp3) is 0.643. The first kappa shape index (κ1) is 31.0. The van der Waals surface area contributed by atoms with Crippen LogP contribution in [-0.2, 0) is 32.0 Å². The van der Waals surface area contributed by atoms with E-state index in [0.717, 1.165) is 50.2 Å². The molecule has 1 saturated carbocycles. The Labute approximate surface area is 239 Å². The van der Waals surface area contributed by atoms with E-state index in [1.54, 1.807) is 20.8 Å². The molecule has 1 saturated heterocycles. The molecule has 1 aliphatic carbocycles. The highest BCUT2D eigenvalue weighted by Crippen LogP contribution is 2.40. The van der Waals surface area contributed by atoms with Crippen molar-refractivity contribution in [3.05, 3.63) is 34.5 Å². The number of halogens is 2. The SMILES string of the molecule is COC(F)(F)c1cc(-c2sc(C(=O)NC3CCOCC3)nc2CC2CCCCC2)ccc1S(=O)(=O)NC(C)(C)C. The normalized spacial score (nSPS) is 18.1. The van der Waals surface area contributed by atoms with Crippen LogP contribution in [0.2, 0.25) is 0 Å². The van der Waals surface area contributed by atoms with Crippen molar-refractivity contribution in [2.24, 2.45) is 5.92 Å². The van der Waals surface area contributed by atoms with E-state index in [9.17, 15) is 13.2 Å². The number of methoxy groups -OCH3 is 1. The molecule has 2 aromatic rings. The van der Waals surface area contributed by atoms with Gasteiger partial charge >= 0.3 is 6.11 Å². The van der Waals surface area contributed by atoms with Crippen LogP contribution in [0.25, 0.3) is 10.4 Å². The van der Waals surface area contributed by atoms with Crippen LogP contribution in [0.1, 0.15) is 86.8 Å². The summed E-state index contributed by atoms with van der Waals surface area (Å²) in [6.07, 6.45) is 3.71. The first-order valence-electron chi connectivity index (χ1n) is 13.8. The Bertz CT molecular complexity index is 1300. The first-order valence-corrected chi connectivity index (χ1v) is 16.1. The Morgan fingerprint density at radius 3 is 2.42 bits per heavy atom. The quantitative estimate of drug-likeness (QED) is 0.388. The number of hydrogen-bond donors (Lipinski definition) is 2. The smallest absolute Gasteiger partial charge is 0.381 e. The lowest BCUT2D eigenvalue weighted by Crippen LogP contribution is -2.41. The van der Waals surface area contributed by atoms with Crippen LogP contribution < -0.4 is 10.0 Å². The number of ether oxygens (including phenoxy) is 2. The Morgan fingerprint density at radius 2 is 1.80 bits per heavy atom. The molecule has 8 nitrogen and oxygen atoms in total. The highest BCUT2D eigenvalue weighted by molar-refractivity contribution is 7.89. The Morgan fingerprint density at radius 1 is 1.12 bits per heavy atom. The average Bonchev–Trinajstić information content (AvgIpc) is 3.32. The van der Waals surface area contributed by atoms with E-state index >= 15 is 8.78 Å². The fourth-order valence-corrected chi connectivity index (χ4v) is 7.89. The summed E-state index contributed by atoms with van der Waals surface area (Å²) in [6.45, 7) is 6.06. The number of aromatic nitrogens is 1. The number of hydrogen-bond acceptors (Lipinski definition) is 7. The lowest BCUT2D eigenvalue weighted by molar-refractivity contribution is -0.233. The second-order valence-corrected chi connectivity index (χ2v) is 14.3. The van der Waals surface area contributed by atoms with Gasteiger partial charge in [0.05, 0.1) is 21.0 Å². The summed E-state index contributed by atoms with van der Waals surface area (Å²) in [5.41, 5.74) is -0.609. The van der Waals surface area contributed by atoms with Crippen LogP contribution in [0.5, 0.6) is 0 Å². The van der Waals surface area contributed by atoms with Gasteiger partial charge in [0.2, 0.25) is 10.0 Å². The Kier molecular flexibility index (Phi) is 9.66. The lowest BCUT2D eigenvalue weighted by atomic mass is 9.85. The third-order valence-electron chi connectivity index (χ3n) is 7.20. The number of benzene rings is 1. The standard InChI is InChI=1S/C28H39F2N3O5S2/c1-27(2,3)33-40(35,36)23-11-10-19(17-21(23)28(29,30)37-4)24-22(16-18-8-6-5-7-9-18)32-26(39-24)25(34)31-20-12-14-38-15-13-20/h10-11,17-18,20,33H,5-9,12-16H2,1-4H3,(H,31,34). The largest absolute Gasteiger partial charge is 0.384 e. The monoisotopic (exact) mass is 599 g/mol. The molecule has 0 atom stereocenters. The van der Waals surface area contributed by atoms with Gasteiger partial charge < -0.3 is 14.8 Å². The number of carbonyl (C=O) groups is 1. The number of amides is 1. The van der Waals surface area contributed by atoms with Crippen molar-refractivity contribution in [2.75, 3.05) is 20.3 Å². The van der Waals surface area contributed by atoms with E-state index in [1.807, 2.05) is 0 Å². The van der Waals surface area contributed by atoms with Gasteiger partial charge in [0.15, 0.2) is 5.01 Å². The van der Waals surface area contributed by atoms with Crippen molar-refractivity contribution >= 4 is 27.3 Å². The molecule has 1 aromatic heterocycles. The summed E-state index contributed by atoms with van der Waals surface area (Å²) in [6, 6.07) is 3.82. The second-order valence-electron chi connectivity index (χ2n) is 11.7. The second kappa shape index (κ2) is 12.5. The maximum absolute atomic E-state index is 15.1. The molecule has 2 heterocycles. The van der Waals surface area contributed by atoms with Gasteiger partial charge in [0.1, 0.15) is 0 Å². The number of sulfonamides is 1. The van der Waals surface area contributed by atoms with Crippen molar-refractivity contribution in [3.63, 3.8) is 0 Å². The minimum absolute atomic E-state index is 0.0119. The minimum Gasteiger partial charge on any atom is -0.381 e. The number of carbonyl (C=O) groups excluding carboxylic acids is 1. The molecule has 0 radical (unpaired) electrons. The molecule has 1 aromatic carbocycles. The van der Waals surface area contributed by atoms with E-state index in [0.29, 0.717) is 54.5 Å². The number of nitrogens with zero attached hydrogens (tertiary/aromatic N) is 1. The number of rotatable bonds is 9. The van der Waals surface area contributed by atoms with Gasteiger partial charge in [-0.1, -0.05) is 38.2 Å². The fourth-order valence-electron chi connectivity index (χ4n) is 5.27. The van der Waals surface area contributed by atoms with Gasteiger partial charge in [-0.25, -0.2) is 18.1 Å². The summed E-state index contributed by atoms with van der Waals surface area (Å²) in [7, 11) is -3.46. The Balaban J connectivity index is 1.76. The van der Waals surface area contributed by atoms with Crippen molar-refractivity contribution in [2.45, 2.75) is 94.7 Å². The van der Waals surface area contributed by atoms with Gasteiger partial charge in [-0.15, -0.1) is 11.3 Å². The van der Waals surface area contributed by atoms with Crippen molar-refractivity contribution in [1.29, 1.82) is 0 Å². The summed E-state index contributed by atoms with van der Waals surface area (Å²) in [5, 5.41) is 3.29. The number of alkyl halides is 2. The lowest BCUT2D eigenvalue weighted by Gasteiger charge is -2.24. The predicted octanol–water partition coefficient (Wildman–Crippen LogP) is 5.61. The molecule has 40 heavy (non-hydrogen) atoms. The molecule has 12 heteroatoms. The van der Waals surface area contributed by atoms with Gasteiger partial charge in [0.25, 0.3) is 5.91 Å². The van der Waals surface area contributed by atoms with Crippen LogP contribution in [0.3, 0.4) is 0 Å². The summed E-state index contributed by atoms with van der Waals surface area (Å²) in [4.78, 5) is 17.9. The van der Waals surface area contributed by atoms with E-state index in [1.165, 1.54) is 18.6 Å². The zero-order valence-electron chi connectivity index (χ0n) is 23.5. The van der Waals surface area contributed by atoms with E-state index < -0.39 is 32.1 Å². The van der Waals surface area contributed by atoms with Gasteiger partial charge in [-0.05, 0) is 63.6 Å². The Hall–Kier alpha value is -1.99. The van der Waals surface area contributed by atoms with Crippen LogP contribution >= 0.6 is 11.3 Å². The zero-order chi connectivity index (χ0) is 29.1. The third kappa shape index (κ3) is 7.64. The zero-order valence-corrected chi connectivity index (χ0v) is 25.2. The van der Waals surface area contributed by atoms with E-state index in [4.69, 9.17) is 9.72 Å². The van der Waals surface area contributed by atoms with Crippen molar-refractivity contribution < 1.29 is 31.5 Å². The van der Waals surface area contributed by atoms with Gasteiger partial charge in [-0.3, -0.25) is 4.79 Å². The average molecular weight is 600 g/mol. The summed E-state index contributed by atoms with van der Waals surface area (Å²) >= 11 is 1.14. The first-order chi connectivity index (χ1) is 18.8. The van der Waals surface area contributed by atoms with Crippen LogP contribution in [0.15, 0.2) is 23.1 Å². The molecule has 0 unspecified atom stereocenters. The van der Waals surface area contributed by atoms with E-state index in [2.05, 4.69) is 14.8 Å². The molecule has 2 N–H and O–H groups in total. The molecule has 1 aliphatic heterocycles. The molecular formula is C28H39F2N3O5S2. The molecular weight excluding hydrogens is 560 g/mol. The molecule has 4 rings (SSSR count). The summed E-state index contributed by atoms with van der Waals surface area (Å²) < 4.78 is 68.6. The molecule has 2 fully saturated rings. The van der Waals surface area contributed by atoms with Crippen LogP contribution in [0.4, 0.5) is 8.78 Å². The molecule has 0 spiro atoms. The maximum Gasteiger partial charge on any atom is 0.384 e. The predicted molar refractivity (Wildman–Crippen MR) is 150 cm³/mol. The van der Waals surface area contributed by atoms with Crippen LogP contribution in [-0.4, -0.2) is 51.2 Å². The molecule has 222 valence electrons. The van der Waals surface area contributed by atoms with E-state index in [-0.39, 0.29) is 17.0 Å². The van der Waals surface area contributed by atoms with Gasteiger partial charge in [0, 0.05) is 31.9 Å². The highest BCUT2D eigenvalue weighted by atomic mass is 32.2. The van der Waals surface area contributed by atoms with Crippen LogP contribution in [0, 0.1) is 5.92 Å². The summed E-state index contributed by atoms with van der Waals surface area (Å²) in [5.74, 6) is 0.0839. The number of nitrogens with one attached hydrogen (secondary N) is 2. The van der Waals surface area contributed by atoms with Gasteiger partial charge in [-0.2, -0.15) is 8.78 Å². The molecule has 2 aliphatic rings. The topological polar surface area (TPSA) is 107 Å². The highest BCUT2D eigenvalue weighted by Gasteiger charge is 2.39. The third-order valence-corrected chi connectivity index (χ3v) is 10.2. The van der Waals surface area contributed by atoms with Crippen molar-refractivity contribution in [1.82, 2.24) is 15.0 Å². The maximum atomic E-state index is 15.1.